The lowest BCUT2D eigenvalue weighted by atomic mass is 10.1. The molecule has 18 heavy (non-hydrogen) atoms. The lowest BCUT2D eigenvalue weighted by Gasteiger charge is -2.29. The van der Waals surface area contributed by atoms with Crippen LogP contribution >= 0.6 is 23.2 Å². The minimum absolute atomic E-state index is 0.0425. The second-order valence-corrected chi connectivity index (χ2v) is 5.24. The van der Waals surface area contributed by atoms with Crippen LogP contribution in [0.5, 0.6) is 0 Å². The fraction of sp³-hybridized carbons (Fsp3) is 0.417. The number of amides is 1. The van der Waals surface area contributed by atoms with E-state index in [1.807, 2.05) is 0 Å². The molecule has 1 heterocycles. The average Bonchev–Trinajstić information content (AvgIpc) is 2.34. The number of carbonyl (C=O) groups excluding carboxylic acids is 1. The Bertz CT molecular complexity index is 473. The molecule has 1 amide bonds. The summed E-state index contributed by atoms with van der Waals surface area (Å²) in [4.78, 5) is 13.5. The first-order valence-electron chi connectivity index (χ1n) is 5.57. The maximum atomic E-state index is 13.6. The highest BCUT2D eigenvalue weighted by Gasteiger charge is 2.25. The van der Waals surface area contributed by atoms with Crippen LogP contribution in [-0.4, -0.2) is 29.3 Å². The first-order valence-corrected chi connectivity index (χ1v) is 6.38. The fourth-order valence-electron chi connectivity index (χ4n) is 1.91. The molecule has 0 atom stereocenters. The Morgan fingerprint density at radius 1 is 1.22 bits per heavy atom. The van der Waals surface area contributed by atoms with Crippen molar-refractivity contribution in [2.75, 3.05) is 13.1 Å². The molecule has 0 N–H and O–H groups in total. The molecular formula is C12H11Cl2F2NO. The molecule has 0 unspecified atom stereocenters. The van der Waals surface area contributed by atoms with Gasteiger partial charge in [-0.15, -0.1) is 11.6 Å². The number of hydrogen-bond donors (Lipinski definition) is 0. The number of halogens is 4. The quantitative estimate of drug-likeness (QED) is 0.574. The van der Waals surface area contributed by atoms with Crippen LogP contribution in [0.15, 0.2) is 12.1 Å². The first kappa shape index (κ1) is 13.6. The Morgan fingerprint density at radius 3 is 2.44 bits per heavy atom. The molecule has 2 nitrogen and oxygen atoms in total. The van der Waals surface area contributed by atoms with Crippen molar-refractivity contribution in [3.05, 3.63) is 34.4 Å². The van der Waals surface area contributed by atoms with Gasteiger partial charge < -0.3 is 4.90 Å². The summed E-state index contributed by atoms with van der Waals surface area (Å²) in [6, 6.07) is 1.66. The van der Waals surface area contributed by atoms with E-state index in [2.05, 4.69) is 0 Å². The summed E-state index contributed by atoms with van der Waals surface area (Å²) in [5.74, 6) is -2.13. The van der Waals surface area contributed by atoms with Gasteiger partial charge in [0.2, 0.25) is 0 Å². The highest BCUT2D eigenvalue weighted by atomic mass is 35.5. The molecule has 1 fully saturated rings. The lowest BCUT2D eigenvalue weighted by Crippen LogP contribution is -2.39. The number of benzene rings is 1. The molecule has 1 aromatic carbocycles. The van der Waals surface area contributed by atoms with Crippen molar-refractivity contribution in [1.82, 2.24) is 4.90 Å². The second kappa shape index (κ2) is 5.41. The molecule has 2 rings (SSSR count). The third-order valence-electron chi connectivity index (χ3n) is 2.95. The van der Waals surface area contributed by atoms with E-state index < -0.39 is 17.5 Å². The van der Waals surface area contributed by atoms with Crippen molar-refractivity contribution < 1.29 is 13.6 Å². The minimum atomic E-state index is -0.806. The van der Waals surface area contributed by atoms with Crippen LogP contribution in [0.3, 0.4) is 0 Å². The average molecular weight is 294 g/mol. The molecule has 0 spiro atoms. The van der Waals surface area contributed by atoms with Gasteiger partial charge in [0.1, 0.15) is 11.6 Å². The van der Waals surface area contributed by atoms with Crippen molar-refractivity contribution in [2.45, 2.75) is 18.2 Å². The van der Waals surface area contributed by atoms with Crippen molar-refractivity contribution in [1.29, 1.82) is 0 Å². The van der Waals surface area contributed by atoms with Gasteiger partial charge in [-0.3, -0.25) is 4.79 Å². The van der Waals surface area contributed by atoms with Crippen LogP contribution in [0.25, 0.3) is 0 Å². The number of alkyl halides is 1. The van der Waals surface area contributed by atoms with Gasteiger partial charge in [-0.1, -0.05) is 11.6 Å². The zero-order valence-corrected chi connectivity index (χ0v) is 10.9. The molecule has 0 saturated carbocycles. The summed E-state index contributed by atoms with van der Waals surface area (Å²) in [7, 11) is 0. The molecule has 0 aromatic heterocycles. The summed E-state index contributed by atoms with van der Waals surface area (Å²) in [6.07, 6.45) is 1.32. The molecule has 0 aliphatic carbocycles. The van der Waals surface area contributed by atoms with Crippen molar-refractivity contribution in [2.24, 2.45) is 0 Å². The minimum Gasteiger partial charge on any atom is -0.338 e. The Balaban J connectivity index is 2.21. The molecule has 1 aliphatic heterocycles. The van der Waals surface area contributed by atoms with E-state index in [4.69, 9.17) is 23.2 Å². The highest BCUT2D eigenvalue weighted by Crippen LogP contribution is 2.22. The standard InChI is InChI=1S/C12H11Cl2F2NO/c13-7-1-3-17(4-2-7)12(18)8-5-11(16)9(14)6-10(8)15/h5-7H,1-4H2. The largest absolute Gasteiger partial charge is 0.338 e. The number of carbonyl (C=O) groups is 1. The molecule has 0 bridgehead atoms. The summed E-state index contributed by atoms with van der Waals surface area (Å²) >= 11 is 11.4. The zero-order valence-electron chi connectivity index (χ0n) is 9.43. The Labute approximate surface area is 113 Å². The SMILES string of the molecule is O=C(c1cc(F)c(Cl)cc1F)N1CCC(Cl)CC1. The fourth-order valence-corrected chi connectivity index (χ4v) is 2.25. The van der Waals surface area contributed by atoms with Crippen LogP contribution in [0.2, 0.25) is 5.02 Å². The monoisotopic (exact) mass is 293 g/mol. The molecule has 1 aromatic rings. The van der Waals surface area contributed by atoms with Crippen molar-refractivity contribution in [3.8, 4) is 0 Å². The molecule has 0 radical (unpaired) electrons. The Kier molecular flexibility index (Phi) is 4.07. The molecule has 6 heteroatoms. The lowest BCUT2D eigenvalue weighted by molar-refractivity contribution is 0.0721. The number of hydrogen-bond acceptors (Lipinski definition) is 1. The highest BCUT2D eigenvalue weighted by molar-refractivity contribution is 6.30. The normalized spacial score (nSPS) is 17.0. The van der Waals surface area contributed by atoms with Crippen LogP contribution in [0.1, 0.15) is 23.2 Å². The number of nitrogens with zero attached hydrogens (tertiary/aromatic N) is 1. The second-order valence-electron chi connectivity index (χ2n) is 4.21. The summed E-state index contributed by atoms with van der Waals surface area (Å²) in [6.45, 7) is 0.910. The molecular weight excluding hydrogens is 283 g/mol. The summed E-state index contributed by atoms with van der Waals surface area (Å²) < 4.78 is 26.8. The van der Waals surface area contributed by atoms with E-state index in [0.717, 1.165) is 12.1 Å². The van der Waals surface area contributed by atoms with E-state index in [1.54, 1.807) is 0 Å². The van der Waals surface area contributed by atoms with Gasteiger partial charge in [-0.2, -0.15) is 0 Å². The van der Waals surface area contributed by atoms with Gasteiger partial charge in [0.15, 0.2) is 0 Å². The first-order chi connectivity index (χ1) is 8.49. The maximum Gasteiger partial charge on any atom is 0.256 e. The predicted octanol–water partition coefficient (Wildman–Crippen LogP) is 3.46. The van der Waals surface area contributed by atoms with Crippen LogP contribution < -0.4 is 0 Å². The van der Waals surface area contributed by atoms with Gasteiger partial charge in [0, 0.05) is 18.5 Å². The van der Waals surface area contributed by atoms with Gasteiger partial charge in [0.05, 0.1) is 10.6 Å². The molecule has 98 valence electrons. The Hall–Kier alpha value is -0.870. The van der Waals surface area contributed by atoms with E-state index in [9.17, 15) is 13.6 Å². The Morgan fingerprint density at radius 2 is 1.83 bits per heavy atom. The molecule has 1 saturated heterocycles. The van der Waals surface area contributed by atoms with Crippen molar-refractivity contribution in [3.63, 3.8) is 0 Å². The number of rotatable bonds is 1. The number of piperidine rings is 1. The van der Waals surface area contributed by atoms with Crippen LogP contribution in [-0.2, 0) is 0 Å². The summed E-state index contributed by atoms with van der Waals surface area (Å²) in [5.41, 5.74) is -0.287. The van der Waals surface area contributed by atoms with Crippen molar-refractivity contribution >= 4 is 29.1 Å². The third-order valence-corrected chi connectivity index (χ3v) is 3.68. The predicted molar refractivity (Wildman–Crippen MR) is 66.1 cm³/mol. The third kappa shape index (κ3) is 2.75. The van der Waals surface area contributed by atoms with Gasteiger partial charge >= 0.3 is 0 Å². The van der Waals surface area contributed by atoms with E-state index in [-0.39, 0.29) is 16.0 Å². The zero-order chi connectivity index (χ0) is 13.3. The molecule has 1 aliphatic rings. The van der Waals surface area contributed by atoms with Gasteiger partial charge in [0.25, 0.3) is 5.91 Å². The number of likely N-dealkylation sites (tertiary alicyclic amines) is 1. The van der Waals surface area contributed by atoms with Gasteiger partial charge in [-0.25, -0.2) is 8.78 Å². The van der Waals surface area contributed by atoms with E-state index >= 15 is 0 Å². The van der Waals surface area contributed by atoms with E-state index in [1.165, 1.54) is 4.90 Å². The van der Waals surface area contributed by atoms with Crippen LogP contribution in [0.4, 0.5) is 8.78 Å². The maximum absolute atomic E-state index is 13.6. The smallest absolute Gasteiger partial charge is 0.256 e. The van der Waals surface area contributed by atoms with Gasteiger partial charge in [-0.05, 0) is 25.0 Å². The van der Waals surface area contributed by atoms with E-state index in [0.29, 0.717) is 25.9 Å². The summed E-state index contributed by atoms with van der Waals surface area (Å²) in [5, 5.41) is -0.288. The topological polar surface area (TPSA) is 20.3 Å². The van der Waals surface area contributed by atoms with Crippen LogP contribution in [0, 0.1) is 11.6 Å².